The predicted octanol–water partition coefficient (Wildman–Crippen LogP) is 3.68. The zero-order valence-electron chi connectivity index (χ0n) is 15.1. The number of methoxy groups -OCH3 is 2. The largest absolute Gasteiger partial charge is 0.497 e. The SMILES string of the molecule is COc1ccc(-c2noc(CN(C)C(=O)c3ccccc3Cl)n2)c(OC)c1. The van der Waals surface area contributed by atoms with Gasteiger partial charge in [-0.1, -0.05) is 28.9 Å². The van der Waals surface area contributed by atoms with Gasteiger partial charge in [0.15, 0.2) is 0 Å². The van der Waals surface area contributed by atoms with E-state index in [4.69, 9.17) is 25.6 Å². The molecule has 2 aromatic carbocycles. The van der Waals surface area contributed by atoms with Gasteiger partial charge in [-0.25, -0.2) is 0 Å². The van der Waals surface area contributed by atoms with Gasteiger partial charge in [0.1, 0.15) is 11.5 Å². The summed E-state index contributed by atoms with van der Waals surface area (Å²) in [6.07, 6.45) is 0. The topological polar surface area (TPSA) is 77.7 Å². The lowest BCUT2D eigenvalue weighted by Crippen LogP contribution is -2.26. The van der Waals surface area contributed by atoms with Gasteiger partial charge < -0.3 is 18.9 Å². The molecule has 0 fully saturated rings. The number of ether oxygens (including phenoxy) is 2. The lowest BCUT2D eigenvalue weighted by molar-refractivity contribution is 0.0769. The van der Waals surface area contributed by atoms with Crippen LogP contribution in [0, 0.1) is 0 Å². The van der Waals surface area contributed by atoms with Gasteiger partial charge in [-0.15, -0.1) is 0 Å². The predicted molar refractivity (Wildman–Crippen MR) is 100 cm³/mol. The number of halogens is 1. The van der Waals surface area contributed by atoms with Gasteiger partial charge in [0.2, 0.25) is 11.7 Å². The molecule has 8 heteroatoms. The summed E-state index contributed by atoms with van der Waals surface area (Å²) in [6.45, 7) is 0.148. The summed E-state index contributed by atoms with van der Waals surface area (Å²) in [7, 11) is 4.77. The average Bonchev–Trinajstić information content (AvgIpc) is 3.15. The average molecular weight is 388 g/mol. The van der Waals surface area contributed by atoms with Crippen LogP contribution in [0.15, 0.2) is 47.0 Å². The van der Waals surface area contributed by atoms with E-state index in [0.29, 0.717) is 39.4 Å². The fourth-order valence-electron chi connectivity index (χ4n) is 2.53. The standard InChI is InChI=1S/C19H18ClN3O4/c1-23(19(24)13-6-4-5-7-15(13)20)11-17-21-18(22-27-17)14-9-8-12(25-2)10-16(14)26-3/h4-10H,11H2,1-3H3. The minimum atomic E-state index is -0.234. The van der Waals surface area contributed by atoms with Crippen molar-refractivity contribution >= 4 is 17.5 Å². The summed E-state index contributed by atoms with van der Waals surface area (Å²) < 4.78 is 15.8. The molecule has 0 atom stereocenters. The Morgan fingerprint density at radius 1 is 1.19 bits per heavy atom. The van der Waals surface area contributed by atoms with E-state index in [1.165, 1.54) is 4.90 Å². The molecule has 0 aliphatic heterocycles. The van der Waals surface area contributed by atoms with E-state index in [-0.39, 0.29) is 12.5 Å². The van der Waals surface area contributed by atoms with E-state index in [1.807, 2.05) is 0 Å². The molecule has 0 unspecified atom stereocenters. The number of hydrogen-bond acceptors (Lipinski definition) is 6. The zero-order valence-corrected chi connectivity index (χ0v) is 15.9. The van der Waals surface area contributed by atoms with Gasteiger partial charge in [0.25, 0.3) is 5.91 Å². The number of nitrogens with zero attached hydrogens (tertiary/aromatic N) is 3. The van der Waals surface area contributed by atoms with Crippen molar-refractivity contribution in [3.8, 4) is 22.9 Å². The van der Waals surface area contributed by atoms with Crippen LogP contribution in [-0.4, -0.2) is 42.2 Å². The summed E-state index contributed by atoms with van der Waals surface area (Å²) in [5, 5.41) is 4.37. The summed E-state index contributed by atoms with van der Waals surface area (Å²) in [5.74, 6) is 1.64. The Balaban J connectivity index is 1.78. The van der Waals surface area contributed by atoms with Crippen molar-refractivity contribution in [2.45, 2.75) is 6.54 Å². The number of carbonyl (C=O) groups excluding carboxylic acids is 1. The van der Waals surface area contributed by atoms with Crippen molar-refractivity contribution in [1.29, 1.82) is 0 Å². The molecule has 0 aliphatic rings. The summed E-state index contributed by atoms with van der Waals surface area (Å²) in [4.78, 5) is 18.4. The molecule has 0 aliphatic carbocycles. The van der Waals surface area contributed by atoms with Crippen LogP contribution in [0.3, 0.4) is 0 Å². The third kappa shape index (κ3) is 4.03. The quantitative estimate of drug-likeness (QED) is 0.642. The van der Waals surface area contributed by atoms with Crippen molar-refractivity contribution in [3.05, 3.63) is 58.9 Å². The third-order valence-electron chi connectivity index (χ3n) is 3.94. The Morgan fingerprint density at radius 2 is 1.96 bits per heavy atom. The second-order valence-corrected chi connectivity index (χ2v) is 6.13. The minimum absolute atomic E-state index is 0.148. The minimum Gasteiger partial charge on any atom is -0.497 e. The summed E-state index contributed by atoms with van der Waals surface area (Å²) >= 11 is 6.09. The molecular formula is C19H18ClN3O4. The Morgan fingerprint density at radius 3 is 2.67 bits per heavy atom. The Bertz CT molecular complexity index is 958. The molecule has 0 radical (unpaired) electrons. The normalized spacial score (nSPS) is 10.5. The van der Waals surface area contributed by atoms with Gasteiger partial charge in [-0.2, -0.15) is 4.98 Å². The molecule has 3 aromatic rings. The number of carbonyl (C=O) groups is 1. The van der Waals surface area contributed by atoms with E-state index in [9.17, 15) is 4.79 Å². The first kappa shape index (κ1) is 18.7. The number of hydrogen-bond donors (Lipinski definition) is 0. The second kappa shape index (κ2) is 8.09. The fraction of sp³-hybridized carbons (Fsp3) is 0.211. The van der Waals surface area contributed by atoms with Crippen LogP contribution >= 0.6 is 11.6 Å². The lowest BCUT2D eigenvalue weighted by Gasteiger charge is -2.15. The van der Waals surface area contributed by atoms with Crippen LogP contribution < -0.4 is 9.47 Å². The third-order valence-corrected chi connectivity index (χ3v) is 4.27. The number of amides is 1. The van der Waals surface area contributed by atoms with Crippen LogP contribution in [0.2, 0.25) is 5.02 Å². The van der Waals surface area contributed by atoms with Crippen molar-refractivity contribution in [2.24, 2.45) is 0 Å². The molecular weight excluding hydrogens is 370 g/mol. The van der Waals surface area contributed by atoms with Crippen LogP contribution in [0.1, 0.15) is 16.2 Å². The van der Waals surface area contributed by atoms with Gasteiger partial charge in [0, 0.05) is 13.1 Å². The Labute approximate surface area is 161 Å². The molecule has 0 bridgehead atoms. The lowest BCUT2D eigenvalue weighted by atomic mass is 10.2. The number of aromatic nitrogens is 2. The zero-order chi connectivity index (χ0) is 19.4. The van der Waals surface area contributed by atoms with E-state index in [2.05, 4.69) is 10.1 Å². The van der Waals surface area contributed by atoms with Crippen LogP contribution in [0.25, 0.3) is 11.4 Å². The van der Waals surface area contributed by atoms with E-state index in [0.717, 1.165) is 0 Å². The molecule has 0 N–H and O–H groups in total. The maximum atomic E-state index is 12.5. The van der Waals surface area contributed by atoms with Crippen molar-refractivity contribution in [1.82, 2.24) is 15.0 Å². The van der Waals surface area contributed by atoms with Gasteiger partial charge in [-0.05, 0) is 24.3 Å². The highest BCUT2D eigenvalue weighted by molar-refractivity contribution is 6.33. The molecule has 0 saturated heterocycles. The fourth-order valence-corrected chi connectivity index (χ4v) is 2.74. The van der Waals surface area contributed by atoms with Gasteiger partial charge in [0.05, 0.1) is 36.9 Å². The first-order valence-corrected chi connectivity index (χ1v) is 8.46. The highest BCUT2D eigenvalue weighted by Gasteiger charge is 2.19. The maximum absolute atomic E-state index is 12.5. The first-order valence-electron chi connectivity index (χ1n) is 8.08. The summed E-state index contributed by atoms with van der Waals surface area (Å²) in [6, 6.07) is 12.2. The molecule has 1 aromatic heterocycles. The van der Waals surface area contributed by atoms with Gasteiger partial charge >= 0.3 is 0 Å². The Hall–Kier alpha value is -3.06. The van der Waals surface area contributed by atoms with E-state index < -0.39 is 0 Å². The first-order chi connectivity index (χ1) is 13.0. The molecule has 0 saturated carbocycles. The molecule has 140 valence electrons. The molecule has 1 heterocycles. The van der Waals surface area contributed by atoms with Gasteiger partial charge in [-0.3, -0.25) is 4.79 Å². The Kier molecular flexibility index (Phi) is 5.61. The highest BCUT2D eigenvalue weighted by Crippen LogP contribution is 2.31. The molecule has 27 heavy (non-hydrogen) atoms. The second-order valence-electron chi connectivity index (χ2n) is 5.72. The van der Waals surface area contributed by atoms with Crippen LogP contribution in [0.5, 0.6) is 11.5 Å². The monoisotopic (exact) mass is 387 g/mol. The smallest absolute Gasteiger partial charge is 0.255 e. The van der Waals surface area contributed by atoms with E-state index in [1.54, 1.807) is 63.7 Å². The summed E-state index contributed by atoms with van der Waals surface area (Å²) in [5.41, 5.74) is 1.08. The molecule has 3 rings (SSSR count). The highest BCUT2D eigenvalue weighted by atomic mass is 35.5. The van der Waals surface area contributed by atoms with Crippen molar-refractivity contribution in [2.75, 3.05) is 21.3 Å². The number of benzene rings is 2. The van der Waals surface area contributed by atoms with E-state index >= 15 is 0 Å². The van der Waals surface area contributed by atoms with Crippen molar-refractivity contribution in [3.63, 3.8) is 0 Å². The van der Waals surface area contributed by atoms with Crippen LogP contribution in [0.4, 0.5) is 0 Å². The molecule has 7 nitrogen and oxygen atoms in total. The number of rotatable bonds is 6. The molecule has 1 amide bonds. The maximum Gasteiger partial charge on any atom is 0.255 e. The van der Waals surface area contributed by atoms with Crippen LogP contribution in [-0.2, 0) is 6.54 Å². The van der Waals surface area contributed by atoms with Crippen molar-refractivity contribution < 1.29 is 18.8 Å². The molecule has 0 spiro atoms.